The first kappa shape index (κ1) is 17.4. The van der Waals surface area contributed by atoms with E-state index in [1.807, 2.05) is 0 Å². The van der Waals surface area contributed by atoms with Crippen LogP contribution in [0.4, 0.5) is 0 Å². The molecule has 4 bridgehead atoms. The van der Waals surface area contributed by atoms with Crippen molar-refractivity contribution in [1.29, 1.82) is 0 Å². The summed E-state index contributed by atoms with van der Waals surface area (Å²) in [5, 5.41) is 2.10. The summed E-state index contributed by atoms with van der Waals surface area (Å²) in [4.78, 5) is 0. The number of ether oxygens (including phenoxy) is 1. The van der Waals surface area contributed by atoms with Gasteiger partial charge in [0.1, 0.15) is 0 Å². The molecule has 0 aromatic heterocycles. The molecular formula is C20H22Cl4O. The number of rotatable bonds is 1. The lowest BCUT2D eigenvalue weighted by Crippen LogP contribution is -2.32. The van der Waals surface area contributed by atoms with E-state index in [1.165, 1.54) is 24.0 Å². The van der Waals surface area contributed by atoms with E-state index in [4.69, 9.17) is 51.1 Å². The summed E-state index contributed by atoms with van der Waals surface area (Å²) in [6.45, 7) is 6.49. The summed E-state index contributed by atoms with van der Waals surface area (Å²) in [6, 6.07) is 0. The Kier molecular flexibility index (Phi) is 3.80. The fourth-order valence-corrected chi connectivity index (χ4v) is 7.90. The second kappa shape index (κ2) is 5.45. The lowest BCUT2D eigenvalue weighted by atomic mass is 9.69. The van der Waals surface area contributed by atoms with Crippen LogP contribution in [0.1, 0.15) is 63.0 Å². The first-order valence-electron chi connectivity index (χ1n) is 9.24. The topological polar surface area (TPSA) is 9.23 Å². The summed E-state index contributed by atoms with van der Waals surface area (Å²) in [7, 11) is 0. The minimum Gasteiger partial charge on any atom is -0.372 e. The van der Waals surface area contributed by atoms with E-state index in [-0.39, 0.29) is 5.60 Å². The molecule has 7 atom stereocenters. The zero-order valence-corrected chi connectivity index (χ0v) is 17.6. The van der Waals surface area contributed by atoms with Crippen LogP contribution in [0.15, 0.2) is 0 Å². The summed E-state index contributed by atoms with van der Waals surface area (Å²) in [5.74, 6) is 3.53. The van der Waals surface area contributed by atoms with Gasteiger partial charge in [0.05, 0.1) is 31.8 Å². The molecule has 0 spiro atoms. The Hall–Kier alpha value is 0.340. The van der Waals surface area contributed by atoms with Gasteiger partial charge in [0.2, 0.25) is 0 Å². The van der Waals surface area contributed by atoms with E-state index in [0.717, 1.165) is 6.42 Å². The molecule has 0 radical (unpaired) electrons. The molecule has 0 saturated heterocycles. The average Bonchev–Trinajstić information content (AvgIpc) is 3.26. The lowest BCUT2D eigenvalue weighted by molar-refractivity contribution is -0.0844. The van der Waals surface area contributed by atoms with Crippen molar-refractivity contribution >= 4 is 46.4 Å². The highest BCUT2D eigenvalue weighted by Crippen LogP contribution is 2.74. The summed E-state index contributed by atoms with van der Waals surface area (Å²) >= 11 is 26.0. The fraction of sp³-hybridized carbons (Fsp3) is 0.700. The Morgan fingerprint density at radius 3 is 1.60 bits per heavy atom. The van der Waals surface area contributed by atoms with E-state index in [2.05, 4.69) is 20.8 Å². The maximum absolute atomic E-state index is 6.64. The van der Waals surface area contributed by atoms with Crippen LogP contribution in [-0.2, 0) is 4.74 Å². The SMILES string of the molecule is CC(C)(C)OC1C2CC[C@H]1C1C2[C@H]2C[C@@H]1c1c(Cl)c(Cl)c(Cl)c(Cl)c12. The minimum absolute atomic E-state index is 0.0993. The molecule has 0 heterocycles. The van der Waals surface area contributed by atoms with Crippen LogP contribution in [0.25, 0.3) is 0 Å². The normalized spacial score (nSPS) is 40.7. The first-order valence-corrected chi connectivity index (χ1v) is 10.8. The largest absolute Gasteiger partial charge is 0.372 e. The summed E-state index contributed by atoms with van der Waals surface area (Å²) in [5.41, 5.74) is 2.28. The van der Waals surface area contributed by atoms with E-state index in [1.54, 1.807) is 0 Å². The van der Waals surface area contributed by atoms with Gasteiger partial charge in [0.15, 0.2) is 0 Å². The van der Waals surface area contributed by atoms with Gasteiger partial charge in [-0.25, -0.2) is 0 Å². The van der Waals surface area contributed by atoms with E-state index in [9.17, 15) is 0 Å². The van der Waals surface area contributed by atoms with Crippen molar-refractivity contribution in [3.05, 3.63) is 31.2 Å². The van der Waals surface area contributed by atoms with Crippen molar-refractivity contribution in [2.45, 2.75) is 63.6 Å². The van der Waals surface area contributed by atoms with Crippen LogP contribution in [0, 0.1) is 23.7 Å². The number of fused-ring (bicyclic) bond motifs is 12. The van der Waals surface area contributed by atoms with Gasteiger partial charge in [-0.05, 0) is 86.7 Å². The lowest BCUT2D eigenvalue weighted by Gasteiger charge is -2.36. The first-order chi connectivity index (χ1) is 11.7. The van der Waals surface area contributed by atoms with Crippen LogP contribution in [-0.4, -0.2) is 11.7 Å². The predicted octanol–water partition coefficient (Wildman–Crippen LogP) is 7.34. The highest BCUT2D eigenvalue weighted by molar-refractivity contribution is 6.52. The molecule has 4 aliphatic rings. The third kappa shape index (κ3) is 2.20. The van der Waals surface area contributed by atoms with Crippen LogP contribution in [0.5, 0.6) is 0 Å². The third-order valence-corrected chi connectivity index (χ3v) is 8.95. The van der Waals surface area contributed by atoms with Gasteiger partial charge in [-0.2, -0.15) is 0 Å². The molecule has 4 aliphatic carbocycles. The van der Waals surface area contributed by atoms with Gasteiger partial charge >= 0.3 is 0 Å². The average molecular weight is 420 g/mol. The Morgan fingerprint density at radius 2 is 1.20 bits per heavy atom. The molecule has 1 aromatic rings. The summed E-state index contributed by atoms with van der Waals surface area (Å²) in [6.07, 6.45) is 4.07. The molecule has 1 aromatic carbocycles. The maximum atomic E-state index is 6.64. The van der Waals surface area contributed by atoms with Crippen molar-refractivity contribution in [3.63, 3.8) is 0 Å². The van der Waals surface area contributed by atoms with E-state index >= 15 is 0 Å². The smallest absolute Gasteiger partial charge is 0.0796 e. The number of halogens is 4. The molecule has 25 heavy (non-hydrogen) atoms. The van der Waals surface area contributed by atoms with Gasteiger partial charge in [-0.3, -0.25) is 0 Å². The monoisotopic (exact) mass is 418 g/mol. The van der Waals surface area contributed by atoms with Crippen LogP contribution in [0.2, 0.25) is 20.1 Å². The van der Waals surface area contributed by atoms with Crippen molar-refractivity contribution in [2.24, 2.45) is 23.7 Å². The van der Waals surface area contributed by atoms with Crippen molar-refractivity contribution in [3.8, 4) is 0 Å². The highest BCUT2D eigenvalue weighted by Gasteiger charge is 2.66. The van der Waals surface area contributed by atoms with Crippen molar-refractivity contribution in [2.75, 3.05) is 0 Å². The van der Waals surface area contributed by atoms with Crippen LogP contribution in [0.3, 0.4) is 0 Å². The zero-order valence-electron chi connectivity index (χ0n) is 14.6. The van der Waals surface area contributed by atoms with Gasteiger partial charge in [-0.1, -0.05) is 46.4 Å². The van der Waals surface area contributed by atoms with Crippen molar-refractivity contribution in [1.82, 2.24) is 0 Å². The van der Waals surface area contributed by atoms with Crippen LogP contribution < -0.4 is 0 Å². The van der Waals surface area contributed by atoms with E-state index in [0.29, 0.717) is 61.7 Å². The zero-order chi connectivity index (χ0) is 17.8. The van der Waals surface area contributed by atoms with Gasteiger partial charge < -0.3 is 4.74 Å². The Balaban J connectivity index is 1.60. The predicted molar refractivity (Wildman–Crippen MR) is 104 cm³/mol. The molecule has 0 N–H and O–H groups in total. The fourth-order valence-electron chi connectivity index (χ4n) is 6.74. The molecule has 3 fully saturated rings. The molecule has 4 unspecified atom stereocenters. The molecule has 0 amide bonds. The second-order valence-corrected chi connectivity index (χ2v) is 10.8. The summed E-state index contributed by atoms with van der Waals surface area (Å²) < 4.78 is 6.54. The van der Waals surface area contributed by atoms with Crippen molar-refractivity contribution < 1.29 is 4.74 Å². The standard InChI is InChI=1S/C20H22Cl4O/c1-20(2,3)25-19-7-4-5-8(19)12-10-6-9(11(7)12)13-14(10)16(22)18(24)17(23)15(13)21/h7-12,19H,4-6H2,1-3H3/t7-,8?,9-,10+,11?,12?,19?/m0/s1. The number of hydrogen-bond donors (Lipinski definition) is 0. The molecule has 1 nitrogen and oxygen atoms in total. The quantitative estimate of drug-likeness (QED) is 0.262. The number of benzene rings is 1. The maximum Gasteiger partial charge on any atom is 0.0796 e. The Labute approximate surface area is 169 Å². The van der Waals surface area contributed by atoms with Gasteiger partial charge in [-0.15, -0.1) is 0 Å². The van der Waals surface area contributed by atoms with Gasteiger partial charge in [0.25, 0.3) is 0 Å². The van der Waals surface area contributed by atoms with Gasteiger partial charge in [0, 0.05) is 0 Å². The molecule has 5 heteroatoms. The second-order valence-electron chi connectivity index (χ2n) is 9.29. The minimum atomic E-state index is -0.0993. The molecule has 0 aliphatic heterocycles. The third-order valence-electron chi connectivity index (χ3n) is 7.12. The Bertz CT molecular complexity index is 713. The van der Waals surface area contributed by atoms with Crippen LogP contribution >= 0.6 is 46.4 Å². The molecule has 136 valence electrons. The number of hydrogen-bond acceptors (Lipinski definition) is 1. The molecular weight excluding hydrogens is 398 g/mol. The molecule has 5 rings (SSSR count). The highest BCUT2D eigenvalue weighted by atomic mass is 35.5. The Morgan fingerprint density at radius 1 is 0.760 bits per heavy atom. The van der Waals surface area contributed by atoms with E-state index < -0.39 is 0 Å². The molecule has 3 saturated carbocycles.